The molecule has 2 aromatic rings. The van der Waals surface area contributed by atoms with Crippen LogP contribution in [0.3, 0.4) is 0 Å². The molecule has 5 nitrogen and oxygen atoms in total. The van der Waals surface area contributed by atoms with Crippen LogP contribution in [0.4, 0.5) is 10.5 Å². The maximum Gasteiger partial charge on any atom is 0.315 e. The van der Waals surface area contributed by atoms with E-state index < -0.39 is 0 Å². The maximum absolute atomic E-state index is 12.0. The zero-order valence-electron chi connectivity index (χ0n) is 14.4. The Hall–Kier alpha value is -2.53. The molecule has 3 N–H and O–H groups in total. The molecule has 0 spiro atoms. The lowest BCUT2D eigenvalue weighted by atomic mass is 9.85. The predicted octanol–water partition coefficient (Wildman–Crippen LogP) is 4.08. The molecule has 0 aliphatic heterocycles. The van der Waals surface area contributed by atoms with Gasteiger partial charge in [0.25, 0.3) is 0 Å². The van der Waals surface area contributed by atoms with E-state index in [1.165, 1.54) is 0 Å². The summed E-state index contributed by atoms with van der Waals surface area (Å²) in [6, 6.07) is 14.6. The topological polar surface area (TPSA) is 70.2 Å². The Morgan fingerprint density at radius 3 is 2.31 bits per heavy atom. The van der Waals surface area contributed by atoms with Crippen LogP contribution in [0.15, 0.2) is 48.5 Å². The van der Waals surface area contributed by atoms with E-state index in [1.807, 2.05) is 36.4 Å². The van der Waals surface area contributed by atoms with Crippen LogP contribution < -0.4 is 16.0 Å². The van der Waals surface area contributed by atoms with E-state index >= 15 is 0 Å². The minimum Gasteiger partial charge on any atom is -0.334 e. The third kappa shape index (κ3) is 5.23. The van der Waals surface area contributed by atoms with Gasteiger partial charge in [0.1, 0.15) is 0 Å². The minimum atomic E-state index is -0.246. The molecule has 0 atom stereocenters. The van der Waals surface area contributed by atoms with Gasteiger partial charge in [-0.1, -0.05) is 42.3 Å². The van der Waals surface area contributed by atoms with E-state index in [9.17, 15) is 9.59 Å². The molecule has 0 saturated heterocycles. The minimum absolute atomic E-state index is 0.0852. The number of amides is 3. The van der Waals surface area contributed by atoms with Crippen LogP contribution >= 0.6 is 11.6 Å². The molecule has 0 radical (unpaired) electrons. The Morgan fingerprint density at radius 2 is 1.65 bits per heavy atom. The van der Waals surface area contributed by atoms with Gasteiger partial charge in [0.05, 0.1) is 0 Å². The molecule has 26 heavy (non-hydrogen) atoms. The van der Waals surface area contributed by atoms with Gasteiger partial charge < -0.3 is 16.0 Å². The van der Waals surface area contributed by atoms with Crippen LogP contribution in [0.5, 0.6) is 0 Å². The van der Waals surface area contributed by atoms with E-state index in [0.717, 1.165) is 36.1 Å². The smallest absolute Gasteiger partial charge is 0.315 e. The fourth-order valence-corrected chi connectivity index (χ4v) is 2.83. The van der Waals surface area contributed by atoms with Crippen molar-refractivity contribution in [3.63, 3.8) is 0 Å². The summed E-state index contributed by atoms with van der Waals surface area (Å²) in [5.41, 5.74) is 2.67. The number of carbonyl (C=O) groups excluding carboxylic acids is 2. The van der Waals surface area contributed by atoms with Crippen LogP contribution in [0.2, 0.25) is 5.02 Å². The highest BCUT2D eigenvalue weighted by atomic mass is 35.5. The van der Waals surface area contributed by atoms with Crippen LogP contribution in [-0.4, -0.2) is 11.9 Å². The summed E-state index contributed by atoms with van der Waals surface area (Å²) in [6.07, 6.45) is 3.08. The monoisotopic (exact) mass is 371 g/mol. The highest BCUT2D eigenvalue weighted by Crippen LogP contribution is 2.27. The van der Waals surface area contributed by atoms with Crippen LogP contribution in [-0.2, 0) is 17.9 Å². The van der Waals surface area contributed by atoms with Gasteiger partial charge in [0.2, 0.25) is 5.91 Å². The van der Waals surface area contributed by atoms with E-state index in [2.05, 4.69) is 16.0 Å². The van der Waals surface area contributed by atoms with Crippen molar-refractivity contribution in [3.05, 3.63) is 64.7 Å². The number of carbonyl (C=O) groups is 2. The quantitative estimate of drug-likeness (QED) is 0.716. The SMILES string of the molecule is O=C(NCc1ccc(Cl)cc1)NCc1cccc(NC(=O)C2CCC2)c1. The summed E-state index contributed by atoms with van der Waals surface area (Å²) in [5, 5.41) is 9.23. The van der Waals surface area contributed by atoms with Crippen molar-refractivity contribution < 1.29 is 9.59 Å². The lowest BCUT2D eigenvalue weighted by molar-refractivity contribution is -0.122. The molecule has 1 fully saturated rings. The lowest BCUT2D eigenvalue weighted by Crippen LogP contribution is -2.34. The summed E-state index contributed by atoms with van der Waals surface area (Å²) < 4.78 is 0. The predicted molar refractivity (Wildman–Crippen MR) is 103 cm³/mol. The van der Waals surface area contributed by atoms with Gasteiger partial charge in [-0.2, -0.15) is 0 Å². The highest BCUT2D eigenvalue weighted by Gasteiger charge is 2.25. The normalized spacial score (nSPS) is 13.6. The Morgan fingerprint density at radius 1 is 0.962 bits per heavy atom. The van der Waals surface area contributed by atoms with Crippen molar-refractivity contribution in [2.75, 3.05) is 5.32 Å². The second-order valence-electron chi connectivity index (χ2n) is 6.48. The van der Waals surface area contributed by atoms with Gasteiger partial charge in [0, 0.05) is 29.7 Å². The number of halogens is 1. The van der Waals surface area contributed by atoms with Gasteiger partial charge in [0.15, 0.2) is 0 Å². The Labute approximate surface area is 158 Å². The molecule has 0 heterocycles. The number of anilines is 1. The summed E-state index contributed by atoms with van der Waals surface area (Å²) >= 11 is 5.84. The molecule has 1 aliphatic carbocycles. The average molecular weight is 372 g/mol. The number of urea groups is 1. The van der Waals surface area contributed by atoms with Crippen molar-refractivity contribution >= 4 is 29.2 Å². The van der Waals surface area contributed by atoms with Crippen LogP contribution in [0, 0.1) is 5.92 Å². The average Bonchev–Trinajstić information content (AvgIpc) is 2.58. The molecular formula is C20H22ClN3O2. The van der Waals surface area contributed by atoms with Crippen molar-refractivity contribution in [2.24, 2.45) is 5.92 Å². The fraction of sp³-hybridized carbons (Fsp3) is 0.300. The van der Waals surface area contributed by atoms with E-state index in [4.69, 9.17) is 11.6 Å². The summed E-state index contributed by atoms with van der Waals surface area (Å²) in [7, 11) is 0. The van der Waals surface area contributed by atoms with E-state index in [0.29, 0.717) is 18.1 Å². The Kier molecular flexibility index (Phi) is 6.12. The van der Waals surface area contributed by atoms with E-state index in [-0.39, 0.29) is 17.9 Å². The second-order valence-corrected chi connectivity index (χ2v) is 6.92. The number of rotatable bonds is 6. The molecule has 2 aromatic carbocycles. The zero-order valence-corrected chi connectivity index (χ0v) is 15.2. The number of nitrogens with one attached hydrogen (secondary N) is 3. The summed E-state index contributed by atoms with van der Waals surface area (Å²) in [5.74, 6) is 0.234. The Balaban J connectivity index is 1.44. The van der Waals surface area contributed by atoms with Crippen molar-refractivity contribution in [2.45, 2.75) is 32.4 Å². The molecule has 3 amide bonds. The first-order valence-electron chi connectivity index (χ1n) is 8.76. The molecule has 1 aliphatic rings. The van der Waals surface area contributed by atoms with Crippen molar-refractivity contribution in [1.82, 2.24) is 10.6 Å². The van der Waals surface area contributed by atoms with Crippen molar-refractivity contribution in [3.8, 4) is 0 Å². The zero-order chi connectivity index (χ0) is 18.4. The molecule has 6 heteroatoms. The van der Waals surface area contributed by atoms with Gasteiger partial charge in [-0.05, 0) is 48.2 Å². The standard InChI is InChI=1S/C20H22ClN3O2/c21-17-9-7-14(8-10-17)12-22-20(26)23-13-15-3-1-6-18(11-15)24-19(25)16-4-2-5-16/h1,3,6-11,16H,2,4-5,12-13H2,(H,24,25)(H2,22,23,26). The molecule has 0 bridgehead atoms. The third-order valence-electron chi connectivity index (χ3n) is 4.49. The Bertz CT molecular complexity index is 773. The van der Waals surface area contributed by atoms with Crippen LogP contribution in [0.25, 0.3) is 0 Å². The first-order valence-corrected chi connectivity index (χ1v) is 9.14. The first kappa shape index (κ1) is 18.3. The summed E-state index contributed by atoms with van der Waals surface area (Å²) in [6.45, 7) is 0.820. The van der Waals surface area contributed by atoms with Crippen LogP contribution in [0.1, 0.15) is 30.4 Å². The number of hydrogen-bond acceptors (Lipinski definition) is 2. The molecule has 3 rings (SSSR count). The first-order chi connectivity index (χ1) is 12.6. The molecular weight excluding hydrogens is 350 g/mol. The van der Waals surface area contributed by atoms with Crippen molar-refractivity contribution in [1.29, 1.82) is 0 Å². The highest BCUT2D eigenvalue weighted by molar-refractivity contribution is 6.30. The third-order valence-corrected chi connectivity index (χ3v) is 4.74. The van der Waals surface area contributed by atoms with Gasteiger partial charge in [-0.3, -0.25) is 4.79 Å². The molecule has 0 unspecified atom stereocenters. The van der Waals surface area contributed by atoms with Gasteiger partial charge in [-0.25, -0.2) is 4.79 Å². The molecule has 1 saturated carbocycles. The lowest BCUT2D eigenvalue weighted by Gasteiger charge is -2.24. The van der Waals surface area contributed by atoms with E-state index in [1.54, 1.807) is 12.1 Å². The molecule has 0 aromatic heterocycles. The van der Waals surface area contributed by atoms with Gasteiger partial charge in [-0.15, -0.1) is 0 Å². The number of benzene rings is 2. The second kappa shape index (κ2) is 8.72. The summed E-state index contributed by atoms with van der Waals surface area (Å²) in [4.78, 5) is 24.0. The number of hydrogen-bond donors (Lipinski definition) is 3. The van der Waals surface area contributed by atoms with Gasteiger partial charge >= 0.3 is 6.03 Å². The fourth-order valence-electron chi connectivity index (χ4n) is 2.70. The molecule has 136 valence electrons. The largest absolute Gasteiger partial charge is 0.334 e. The maximum atomic E-state index is 12.0.